The van der Waals surface area contributed by atoms with E-state index in [9.17, 15) is 19.8 Å². The molecule has 0 unspecified atom stereocenters. The van der Waals surface area contributed by atoms with Gasteiger partial charge >= 0.3 is 5.97 Å². The van der Waals surface area contributed by atoms with Crippen LogP contribution in [-0.4, -0.2) is 63.2 Å². The molecule has 2 N–H and O–H groups in total. The third-order valence-electron chi connectivity index (χ3n) is 18.8. The number of nitrogens with zero attached hydrogens (tertiary/aromatic N) is 1. The summed E-state index contributed by atoms with van der Waals surface area (Å²) in [5.74, 6) is 0.824. The normalized spacial score (nSPS) is 35.6. The van der Waals surface area contributed by atoms with Crippen LogP contribution in [0.15, 0.2) is 84.4 Å². The predicted octanol–water partition coefficient (Wildman–Crippen LogP) is 10.6. The Morgan fingerprint density at radius 3 is 2.23 bits per heavy atom. The largest absolute Gasteiger partial charge is 0.448 e. The van der Waals surface area contributed by atoms with E-state index in [0.717, 1.165) is 47.9 Å². The fourth-order valence-electron chi connectivity index (χ4n) is 13.8. The van der Waals surface area contributed by atoms with Crippen molar-refractivity contribution in [3.8, 4) is 11.1 Å². The number of ketones is 1. The zero-order chi connectivity index (χ0) is 44.0. The van der Waals surface area contributed by atoms with Crippen molar-refractivity contribution >= 4 is 17.7 Å². The lowest BCUT2D eigenvalue weighted by atomic mass is 9.45. The number of allylic oxidation sites excluding steroid dienone is 2. The highest BCUT2D eigenvalue weighted by molar-refractivity contribution is 6.10. The number of aliphatic hydroxyl groups is 2. The van der Waals surface area contributed by atoms with Gasteiger partial charge in [-0.15, -0.1) is 0 Å². The maximum absolute atomic E-state index is 15.6. The number of hydrogen-bond donors (Lipinski definition) is 2. The van der Waals surface area contributed by atoms with E-state index in [0.29, 0.717) is 80.4 Å². The number of ether oxygens (including phenoxy) is 1. The molecule has 6 fully saturated rings. The molecule has 1 amide bonds. The Hall–Kier alpha value is -4.07. The number of carbonyl (C=O) groups is 3. The Balaban J connectivity index is 1.11. The van der Waals surface area contributed by atoms with Crippen molar-refractivity contribution in [2.24, 2.45) is 39.4 Å². The fourth-order valence-corrected chi connectivity index (χ4v) is 13.8. The van der Waals surface area contributed by atoms with Crippen molar-refractivity contribution in [1.29, 1.82) is 0 Å². The molecule has 330 valence electrons. The second-order valence-electron chi connectivity index (χ2n) is 22.3. The van der Waals surface area contributed by atoms with Crippen LogP contribution < -0.4 is 0 Å². The average molecular weight is 840 g/mol. The molecule has 1 heterocycles. The van der Waals surface area contributed by atoms with Crippen molar-refractivity contribution in [2.75, 3.05) is 13.1 Å². The fraction of sp³-hybridized carbons (Fsp3) is 0.582. The summed E-state index contributed by atoms with van der Waals surface area (Å²) < 4.78 is 6.30. The molecule has 7 aliphatic carbocycles. The number of fused-ring (bicyclic) bond motifs is 12. The smallest absolute Gasteiger partial charge is 0.313 e. The molecule has 0 spiro atoms. The molecule has 3 aromatic rings. The molecule has 0 aromatic heterocycles. The number of esters is 1. The molecule has 5 saturated carbocycles. The van der Waals surface area contributed by atoms with Crippen molar-refractivity contribution < 1.29 is 29.3 Å². The number of amides is 1. The van der Waals surface area contributed by atoms with Crippen LogP contribution in [0.2, 0.25) is 0 Å². The molecule has 7 heteroatoms. The highest BCUT2D eigenvalue weighted by atomic mass is 16.6. The van der Waals surface area contributed by atoms with E-state index in [2.05, 4.69) is 58.0 Å². The third kappa shape index (κ3) is 6.60. The lowest BCUT2D eigenvalue weighted by Crippen LogP contribution is -2.62. The maximum atomic E-state index is 15.6. The van der Waals surface area contributed by atoms with Crippen LogP contribution in [0.25, 0.3) is 11.1 Å². The Bertz CT molecular complexity index is 2280. The Kier molecular flexibility index (Phi) is 10.7. The van der Waals surface area contributed by atoms with Gasteiger partial charge in [0, 0.05) is 28.5 Å². The highest BCUT2D eigenvalue weighted by Crippen LogP contribution is 2.67. The average Bonchev–Trinajstić information content (AvgIpc) is 3.69. The summed E-state index contributed by atoms with van der Waals surface area (Å²) in [4.78, 5) is 46.1. The second kappa shape index (κ2) is 15.3. The van der Waals surface area contributed by atoms with Gasteiger partial charge in [-0.25, -0.2) is 0 Å². The molecule has 8 aliphatic rings. The van der Waals surface area contributed by atoms with Gasteiger partial charge in [0.05, 0.1) is 23.7 Å². The van der Waals surface area contributed by atoms with Crippen LogP contribution >= 0.6 is 0 Å². The summed E-state index contributed by atoms with van der Waals surface area (Å²) in [5, 5.41) is 24.8. The predicted molar refractivity (Wildman–Crippen MR) is 243 cm³/mol. The van der Waals surface area contributed by atoms with Gasteiger partial charge in [-0.2, -0.15) is 0 Å². The quantitative estimate of drug-likeness (QED) is 0.133. The van der Waals surface area contributed by atoms with E-state index >= 15 is 4.79 Å². The van der Waals surface area contributed by atoms with Crippen LogP contribution in [-0.2, 0) is 20.7 Å². The van der Waals surface area contributed by atoms with Gasteiger partial charge < -0.3 is 19.8 Å². The molecule has 7 nitrogen and oxygen atoms in total. The molecule has 0 radical (unpaired) electrons. The van der Waals surface area contributed by atoms with Crippen molar-refractivity contribution in [3.05, 3.63) is 107 Å². The number of hydrogen-bond acceptors (Lipinski definition) is 6. The van der Waals surface area contributed by atoms with E-state index in [1.54, 1.807) is 0 Å². The Morgan fingerprint density at radius 1 is 0.839 bits per heavy atom. The lowest BCUT2D eigenvalue weighted by molar-refractivity contribution is -0.181. The molecule has 6 bridgehead atoms. The van der Waals surface area contributed by atoms with E-state index < -0.39 is 33.6 Å². The molecular formula is C55H69NO6. The topological polar surface area (TPSA) is 104 Å². The summed E-state index contributed by atoms with van der Waals surface area (Å²) in [6, 6.07) is 24.2. The van der Waals surface area contributed by atoms with Gasteiger partial charge in [0.25, 0.3) is 5.91 Å². The first kappa shape index (κ1) is 43.2. The number of benzene rings is 3. The molecule has 11 rings (SSSR count). The Labute approximate surface area is 369 Å². The molecule has 9 atom stereocenters. The minimum atomic E-state index is -1.30. The zero-order valence-corrected chi connectivity index (χ0v) is 38.3. The van der Waals surface area contributed by atoms with Gasteiger partial charge in [0.1, 0.15) is 0 Å². The molecule has 1 saturated heterocycles. The van der Waals surface area contributed by atoms with Crippen LogP contribution in [0.1, 0.15) is 152 Å². The lowest BCUT2D eigenvalue weighted by Gasteiger charge is -2.61. The molecule has 62 heavy (non-hydrogen) atoms. The Morgan fingerprint density at radius 2 is 1.56 bits per heavy atom. The van der Waals surface area contributed by atoms with E-state index in [4.69, 9.17) is 4.74 Å². The minimum absolute atomic E-state index is 0.0687. The summed E-state index contributed by atoms with van der Waals surface area (Å²) >= 11 is 0. The van der Waals surface area contributed by atoms with Gasteiger partial charge in [0.15, 0.2) is 11.4 Å². The van der Waals surface area contributed by atoms with Crippen LogP contribution in [0, 0.1) is 39.4 Å². The third-order valence-corrected chi connectivity index (χ3v) is 18.8. The van der Waals surface area contributed by atoms with Gasteiger partial charge in [-0.1, -0.05) is 113 Å². The summed E-state index contributed by atoms with van der Waals surface area (Å²) in [5.41, 5.74) is 1.85. The summed E-state index contributed by atoms with van der Waals surface area (Å²) in [6.07, 6.45) is 10.5. The number of carbonyl (C=O) groups excluding carboxylic acids is 3. The van der Waals surface area contributed by atoms with Crippen LogP contribution in [0.4, 0.5) is 0 Å². The first-order chi connectivity index (χ1) is 29.3. The van der Waals surface area contributed by atoms with Crippen LogP contribution in [0.3, 0.4) is 0 Å². The maximum Gasteiger partial charge on any atom is 0.313 e. The molecule has 1 aliphatic heterocycles. The first-order valence-electron chi connectivity index (χ1n) is 23.8. The second-order valence-corrected chi connectivity index (χ2v) is 22.3. The minimum Gasteiger partial charge on any atom is -0.448 e. The first-order valence-corrected chi connectivity index (χ1v) is 23.8. The summed E-state index contributed by atoms with van der Waals surface area (Å²) in [7, 11) is 0. The number of rotatable bonds is 8. The zero-order valence-electron chi connectivity index (χ0n) is 38.3. The summed E-state index contributed by atoms with van der Waals surface area (Å²) in [6.45, 7) is 15.8. The highest BCUT2D eigenvalue weighted by Gasteiger charge is 2.76. The van der Waals surface area contributed by atoms with Gasteiger partial charge in [-0.05, 0) is 148 Å². The molecule has 3 aromatic carbocycles. The molecular weight excluding hydrogens is 771 g/mol. The standard InChI is InChI=1S/C55H69NO6/c1-35-12-11-26-52(6)45(43-24-16-36(30-42(57)23-15-35)31-44(43)47(58)39-19-17-38(18-20-39)37-13-9-8-10-14-37)25-27-54(52,61)34-56(33-40-21-22-41-32-46(40)50(41,2)3)48(59)55-29-28-53(7,49(60)62-55)51(55,4)5/h8-10,12-14,16-20,24,31,40-42,45-46,57,61H,11,15,21-23,25-30,32-34H2,1-7H3/t40-,41-,42-,45-,46-,52-,53-,54+,55+/m0/s1. The van der Waals surface area contributed by atoms with Crippen molar-refractivity contribution in [2.45, 2.75) is 149 Å². The van der Waals surface area contributed by atoms with Gasteiger partial charge in [-0.3, -0.25) is 14.4 Å². The van der Waals surface area contributed by atoms with E-state index in [-0.39, 0.29) is 35.5 Å². The van der Waals surface area contributed by atoms with E-state index in [1.807, 2.05) is 74.2 Å². The van der Waals surface area contributed by atoms with Crippen molar-refractivity contribution in [3.63, 3.8) is 0 Å². The monoisotopic (exact) mass is 840 g/mol. The van der Waals surface area contributed by atoms with Crippen molar-refractivity contribution in [1.82, 2.24) is 4.90 Å². The van der Waals surface area contributed by atoms with Gasteiger partial charge in [0.2, 0.25) is 0 Å². The van der Waals surface area contributed by atoms with Crippen LogP contribution in [0.5, 0.6) is 0 Å². The number of aliphatic hydroxyl groups excluding tert-OH is 1. The van der Waals surface area contributed by atoms with E-state index in [1.165, 1.54) is 12.0 Å². The SMILES string of the molecule is CC1=CCC[C@@]2(C)[C@@H](CC[C@@]2(O)CN(C[C@@H]2CC[C@H]3C[C@@H]2C3(C)C)C(=O)[C@@]23CC[C@@](C)(C(=O)O2)C3(C)C)c2ccc(cc2C(=O)c2ccc(-c3ccccc3)cc2)C[C@@H](O)CC1.